The molecule has 0 saturated heterocycles. The number of benzene rings is 1. The molecule has 1 aromatic rings. The third-order valence-electron chi connectivity index (χ3n) is 3.11. The number of halogens is 2. The first-order valence-electron chi connectivity index (χ1n) is 6.78. The van der Waals surface area contributed by atoms with Gasteiger partial charge in [0.2, 0.25) is 0 Å². The SMILES string of the molecule is CCCCC(CCC)Nc1ccc(C#N)c(F)c1F. The Bertz CT molecular complexity index is 452. The van der Waals surface area contributed by atoms with Crippen LogP contribution in [0, 0.1) is 23.0 Å². The van der Waals surface area contributed by atoms with Crippen molar-refractivity contribution in [3.05, 3.63) is 29.3 Å². The molecule has 1 rings (SSSR count). The predicted octanol–water partition coefficient (Wildman–Crippen LogP) is 4.61. The lowest BCUT2D eigenvalue weighted by atomic mass is 10.0. The van der Waals surface area contributed by atoms with Gasteiger partial charge in [-0.05, 0) is 25.0 Å². The van der Waals surface area contributed by atoms with Crippen molar-refractivity contribution >= 4 is 5.69 Å². The van der Waals surface area contributed by atoms with E-state index in [1.807, 2.05) is 0 Å². The predicted molar refractivity (Wildman–Crippen MR) is 72.9 cm³/mol. The van der Waals surface area contributed by atoms with Crippen molar-refractivity contribution in [2.45, 2.75) is 52.0 Å². The van der Waals surface area contributed by atoms with Gasteiger partial charge in [-0.1, -0.05) is 33.1 Å². The molecule has 1 unspecified atom stereocenters. The van der Waals surface area contributed by atoms with E-state index in [1.165, 1.54) is 12.1 Å². The molecule has 0 radical (unpaired) electrons. The van der Waals surface area contributed by atoms with Crippen LogP contribution in [0.15, 0.2) is 12.1 Å². The van der Waals surface area contributed by atoms with Gasteiger partial charge in [0.05, 0.1) is 11.3 Å². The first kappa shape index (κ1) is 15.4. The molecular formula is C15H20F2N2. The number of nitriles is 1. The summed E-state index contributed by atoms with van der Waals surface area (Å²) in [4.78, 5) is 0. The molecular weight excluding hydrogens is 246 g/mol. The van der Waals surface area contributed by atoms with Crippen molar-refractivity contribution in [1.29, 1.82) is 5.26 Å². The number of hydrogen-bond acceptors (Lipinski definition) is 2. The standard InChI is InChI=1S/C15H20F2N2/c1-3-5-7-12(6-4-2)19-13-9-8-11(10-18)14(16)15(13)17/h8-9,12,19H,3-7H2,1-2H3. The zero-order valence-corrected chi connectivity index (χ0v) is 11.5. The Hall–Kier alpha value is -1.63. The number of hydrogen-bond donors (Lipinski definition) is 1. The summed E-state index contributed by atoms with van der Waals surface area (Å²) in [5.74, 6) is -2.03. The van der Waals surface area contributed by atoms with Crippen molar-refractivity contribution in [3.8, 4) is 6.07 Å². The molecule has 0 fully saturated rings. The fraction of sp³-hybridized carbons (Fsp3) is 0.533. The summed E-state index contributed by atoms with van der Waals surface area (Å²) in [6, 6.07) is 4.52. The first-order valence-corrected chi connectivity index (χ1v) is 6.78. The second kappa shape index (κ2) is 7.73. The molecule has 0 bridgehead atoms. The zero-order valence-electron chi connectivity index (χ0n) is 11.5. The largest absolute Gasteiger partial charge is 0.380 e. The molecule has 0 saturated carbocycles. The minimum Gasteiger partial charge on any atom is -0.380 e. The summed E-state index contributed by atoms with van der Waals surface area (Å²) in [7, 11) is 0. The molecule has 0 heterocycles. The van der Waals surface area contributed by atoms with Crippen molar-refractivity contribution in [3.63, 3.8) is 0 Å². The molecule has 104 valence electrons. The van der Waals surface area contributed by atoms with E-state index in [0.29, 0.717) is 0 Å². The van der Waals surface area contributed by atoms with Gasteiger partial charge in [0.15, 0.2) is 11.6 Å². The van der Waals surface area contributed by atoms with E-state index < -0.39 is 11.6 Å². The third-order valence-corrected chi connectivity index (χ3v) is 3.11. The van der Waals surface area contributed by atoms with Crippen LogP contribution in [0.3, 0.4) is 0 Å². The Morgan fingerprint density at radius 2 is 1.89 bits per heavy atom. The van der Waals surface area contributed by atoms with Gasteiger partial charge in [-0.3, -0.25) is 0 Å². The smallest absolute Gasteiger partial charge is 0.183 e. The van der Waals surface area contributed by atoms with Gasteiger partial charge in [-0.2, -0.15) is 5.26 Å². The highest BCUT2D eigenvalue weighted by molar-refractivity contribution is 5.50. The van der Waals surface area contributed by atoms with Gasteiger partial charge in [0, 0.05) is 6.04 Å². The lowest BCUT2D eigenvalue weighted by Crippen LogP contribution is -2.20. The number of unbranched alkanes of at least 4 members (excludes halogenated alkanes) is 1. The monoisotopic (exact) mass is 266 g/mol. The maximum atomic E-state index is 13.8. The Morgan fingerprint density at radius 1 is 1.16 bits per heavy atom. The molecule has 0 aliphatic carbocycles. The van der Waals surface area contributed by atoms with Crippen molar-refractivity contribution in [1.82, 2.24) is 0 Å². The lowest BCUT2D eigenvalue weighted by Gasteiger charge is -2.19. The Kier molecular flexibility index (Phi) is 6.27. The highest BCUT2D eigenvalue weighted by Crippen LogP contribution is 2.22. The van der Waals surface area contributed by atoms with Gasteiger partial charge in [0.1, 0.15) is 6.07 Å². The van der Waals surface area contributed by atoms with Crippen LogP contribution in [-0.4, -0.2) is 6.04 Å². The van der Waals surface area contributed by atoms with Crippen LogP contribution in [0.1, 0.15) is 51.5 Å². The summed E-state index contributed by atoms with van der Waals surface area (Å²) in [6.07, 6.45) is 4.97. The van der Waals surface area contributed by atoms with Gasteiger partial charge in [0.25, 0.3) is 0 Å². The van der Waals surface area contributed by atoms with E-state index in [4.69, 9.17) is 5.26 Å². The van der Waals surface area contributed by atoms with Crippen molar-refractivity contribution in [2.24, 2.45) is 0 Å². The molecule has 0 aromatic heterocycles. The summed E-state index contributed by atoms with van der Waals surface area (Å²) in [6.45, 7) is 4.17. The van der Waals surface area contributed by atoms with Crippen molar-refractivity contribution < 1.29 is 8.78 Å². The van der Waals surface area contributed by atoms with Crippen molar-refractivity contribution in [2.75, 3.05) is 5.32 Å². The second-order valence-electron chi connectivity index (χ2n) is 4.67. The highest BCUT2D eigenvalue weighted by atomic mass is 19.2. The van der Waals surface area contributed by atoms with Gasteiger partial charge in [-0.25, -0.2) is 8.78 Å². The maximum Gasteiger partial charge on any atom is 0.183 e. The Labute approximate surface area is 113 Å². The van der Waals surface area contributed by atoms with Crippen LogP contribution in [0.4, 0.5) is 14.5 Å². The van der Waals surface area contributed by atoms with E-state index in [-0.39, 0.29) is 17.3 Å². The van der Waals surface area contributed by atoms with Crippen LogP contribution in [0.2, 0.25) is 0 Å². The molecule has 0 aliphatic heterocycles. The summed E-state index contributed by atoms with van der Waals surface area (Å²) < 4.78 is 27.3. The Morgan fingerprint density at radius 3 is 2.47 bits per heavy atom. The average Bonchev–Trinajstić information content (AvgIpc) is 2.41. The summed E-state index contributed by atoms with van der Waals surface area (Å²) in [5, 5.41) is 11.7. The minimum absolute atomic E-state index is 0.144. The molecule has 1 aromatic carbocycles. The number of anilines is 1. The minimum atomic E-state index is -1.07. The number of nitrogens with one attached hydrogen (secondary N) is 1. The Balaban J connectivity index is 2.85. The number of nitrogens with zero attached hydrogens (tertiary/aromatic N) is 1. The molecule has 0 spiro atoms. The lowest BCUT2D eigenvalue weighted by molar-refractivity contribution is 0.502. The van der Waals surface area contributed by atoms with Crippen LogP contribution >= 0.6 is 0 Å². The molecule has 4 heteroatoms. The van der Waals surface area contributed by atoms with Gasteiger partial charge >= 0.3 is 0 Å². The van der Waals surface area contributed by atoms with E-state index in [0.717, 1.165) is 32.1 Å². The molecule has 1 N–H and O–H groups in total. The van der Waals surface area contributed by atoms with E-state index in [9.17, 15) is 8.78 Å². The highest BCUT2D eigenvalue weighted by Gasteiger charge is 2.15. The normalized spacial score (nSPS) is 11.9. The van der Waals surface area contributed by atoms with Crippen LogP contribution in [0.25, 0.3) is 0 Å². The molecule has 0 aliphatic rings. The molecule has 0 amide bonds. The maximum absolute atomic E-state index is 13.8. The number of rotatable bonds is 7. The molecule has 19 heavy (non-hydrogen) atoms. The zero-order chi connectivity index (χ0) is 14.3. The fourth-order valence-electron chi connectivity index (χ4n) is 2.05. The summed E-state index contributed by atoms with van der Waals surface area (Å²) in [5.41, 5.74) is -0.116. The topological polar surface area (TPSA) is 35.8 Å². The molecule has 1 atom stereocenters. The quantitative estimate of drug-likeness (QED) is 0.782. The van der Waals surface area contributed by atoms with E-state index in [2.05, 4.69) is 19.2 Å². The van der Waals surface area contributed by atoms with E-state index in [1.54, 1.807) is 6.07 Å². The van der Waals surface area contributed by atoms with E-state index >= 15 is 0 Å². The van der Waals surface area contributed by atoms with Crippen LogP contribution < -0.4 is 5.32 Å². The van der Waals surface area contributed by atoms with Gasteiger partial charge < -0.3 is 5.32 Å². The van der Waals surface area contributed by atoms with Gasteiger partial charge in [-0.15, -0.1) is 0 Å². The van der Waals surface area contributed by atoms with Crippen LogP contribution in [-0.2, 0) is 0 Å². The average molecular weight is 266 g/mol. The summed E-state index contributed by atoms with van der Waals surface area (Å²) >= 11 is 0. The van der Waals surface area contributed by atoms with Crippen LogP contribution in [0.5, 0.6) is 0 Å². The third kappa shape index (κ3) is 4.20. The fourth-order valence-corrected chi connectivity index (χ4v) is 2.05. The first-order chi connectivity index (χ1) is 9.13. The molecule has 2 nitrogen and oxygen atoms in total. The second-order valence-corrected chi connectivity index (χ2v) is 4.67.